The number of nitrogens with zero attached hydrogens (tertiary/aromatic N) is 1. The molecule has 0 aromatic rings. The fraction of sp³-hybridized carbons (Fsp3) is 1.00. The lowest BCUT2D eigenvalue weighted by Gasteiger charge is -2.26. The third-order valence-corrected chi connectivity index (χ3v) is 2.89. The van der Waals surface area contributed by atoms with Crippen LogP contribution in [-0.2, 0) is 0 Å². The van der Waals surface area contributed by atoms with E-state index in [1.54, 1.807) is 0 Å². The summed E-state index contributed by atoms with van der Waals surface area (Å²) in [5.74, 6) is 0. The molecule has 1 aliphatic rings. The molecule has 1 unspecified atom stereocenters. The van der Waals surface area contributed by atoms with Crippen LogP contribution in [0.5, 0.6) is 0 Å². The molecule has 1 fully saturated rings. The molecule has 0 bridgehead atoms. The van der Waals surface area contributed by atoms with Crippen LogP contribution in [0.15, 0.2) is 0 Å². The molecule has 13 heavy (non-hydrogen) atoms. The zero-order chi connectivity index (χ0) is 9.68. The summed E-state index contributed by atoms with van der Waals surface area (Å²) >= 11 is 0. The van der Waals surface area contributed by atoms with Gasteiger partial charge in [0.15, 0.2) is 0 Å². The van der Waals surface area contributed by atoms with Gasteiger partial charge in [-0.3, -0.25) is 0 Å². The van der Waals surface area contributed by atoms with Gasteiger partial charge in [-0.2, -0.15) is 0 Å². The van der Waals surface area contributed by atoms with Crippen LogP contribution >= 0.6 is 0 Å². The molecule has 0 spiro atoms. The van der Waals surface area contributed by atoms with E-state index in [-0.39, 0.29) is 6.10 Å². The predicted octanol–water partition coefficient (Wildman–Crippen LogP) is 0.441. The van der Waals surface area contributed by atoms with Gasteiger partial charge in [-0.25, -0.2) is 0 Å². The van der Waals surface area contributed by atoms with Crippen LogP contribution in [0, 0.1) is 0 Å². The van der Waals surface area contributed by atoms with E-state index in [1.807, 2.05) is 7.05 Å². The third-order valence-electron chi connectivity index (χ3n) is 2.89. The van der Waals surface area contributed by atoms with Gasteiger partial charge < -0.3 is 15.3 Å². The molecule has 0 aromatic carbocycles. The summed E-state index contributed by atoms with van der Waals surface area (Å²) in [6.45, 7) is 1.49. The first-order valence-electron chi connectivity index (χ1n) is 5.27. The molecule has 0 saturated heterocycles. The lowest BCUT2D eigenvalue weighted by Crippen LogP contribution is -2.39. The number of rotatable bonds is 5. The minimum atomic E-state index is -0.226. The summed E-state index contributed by atoms with van der Waals surface area (Å²) in [6.07, 6.45) is 5.11. The second-order valence-electron chi connectivity index (χ2n) is 4.09. The van der Waals surface area contributed by atoms with Crippen molar-refractivity contribution in [2.24, 2.45) is 0 Å². The lowest BCUT2D eigenvalue weighted by atomic mass is 10.2. The predicted molar refractivity (Wildman–Crippen MR) is 54.8 cm³/mol. The van der Waals surface area contributed by atoms with Crippen molar-refractivity contribution in [3.8, 4) is 0 Å². The number of hydrogen-bond acceptors (Lipinski definition) is 3. The highest BCUT2D eigenvalue weighted by Gasteiger charge is 2.20. The standard InChI is InChI=1S/C10H22N2O/c1-11-7-10(13)8-12(2)9-5-3-4-6-9/h9-11,13H,3-8H2,1-2H3. The maximum absolute atomic E-state index is 9.58. The number of aliphatic hydroxyl groups is 1. The Labute approximate surface area is 81.1 Å². The molecule has 0 aliphatic heterocycles. The van der Waals surface area contributed by atoms with Gasteiger partial charge in [0.05, 0.1) is 6.10 Å². The van der Waals surface area contributed by atoms with Crippen LogP contribution in [0.25, 0.3) is 0 Å². The van der Waals surface area contributed by atoms with Crippen LogP contribution in [0.1, 0.15) is 25.7 Å². The second-order valence-corrected chi connectivity index (χ2v) is 4.09. The van der Waals surface area contributed by atoms with Crippen molar-refractivity contribution in [2.45, 2.75) is 37.8 Å². The molecule has 78 valence electrons. The Morgan fingerprint density at radius 3 is 2.62 bits per heavy atom. The molecule has 0 radical (unpaired) electrons. The van der Waals surface area contributed by atoms with Crippen molar-refractivity contribution < 1.29 is 5.11 Å². The summed E-state index contributed by atoms with van der Waals surface area (Å²) < 4.78 is 0. The van der Waals surface area contributed by atoms with Crippen LogP contribution in [-0.4, -0.2) is 49.3 Å². The summed E-state index contributed by atoms with van der Waals surface area (Å²) in [4.78, 5) is 2.30. The highest BCUT2D eigenvalue weighted by Crippen LogP contribution is 2.22. The van der Waals surface area contributed by atoms with E-state index < -0.39 is 0 Å². The molecule has 2 N–H and O–H groups in total. The third kappa shape index (κ3) is 3.63. The van der Waals surface area contributed by atoms with Gasteiger partial charge in [0.2, 0.25) is 0 Å². The van der Waals surface area contributed by atoms with E-state index in [9.17, 15) is 5.11 Å². The lowest BCUT2D eigenvalue weighted by molar-refractivity contribution is 0.105. The Hall–Kier alpha value is -0.120. The average molecular weight is 186 g/mol. The Kier molecular flexibility index (Phi) is 4.70. The number of hydrogen-bond donors (Lipinski definition) is 2. The van der Waals surface area contributed by atoms with Crippen molar-refractivity contribution in [3.63, 3.8) is 0 Å². The van der Waals surface area contributed by atoms with Crippen LogP contribution in [0.3, 0.4) is 0 Å². The van der Waals surface area contributed by atoms with Gasteiger partial charge in [-0.05, 0) is 26.9 Å². The maximum atomic E-state index is 9.58. The maximum Gasteiger partial charge on any atom is 0.0791 e. The Morgan fingerprint density at radius 1 is 1.46 bits per heavy atom. The quantitative estimate of drug-likeness (QED) is 0.654. The zero-order valence-electron chi connectivity index (χ0n) is 8.79. The van der Waals surface area contributed by atoms with Gasteiger partial charge in [0.25, 0.3) is 0 Å². The number of likely N-dealkylation sites (N-methyl/N-ethyl adjacent to an activating group) is 2. The SMILES string of the molecule is CNCC(O)CN(C)C1CCCC1. The van der Waals surface area contributed by atoms with Crippen molar-refractivity contribution in [3.05, 3.63) is 0 Å². The fourth-order valence-electron chi connectivity index (χ4n) is 2.13. The molecule has 1 atom stereocenters. The monoisotopic (exact) mass is 186 g/mol. The fourth-order valence-corrected chi connectivity index (χ4v) is 2.13. The van der Waals surface area contributed by atoms with E-state index in [2.05, 4.69) is 17.3 Å². The van der Waals surface area contributed by atoms with Gasteiger partial charge in [-0.15, -0.1) is 0 Å². The minimum Gasteiger partial charge on any atom is -0.390 e. The van der Waals surface area contributed by atoms with E-state index in [1.165, 1.54) is 25.7 Å². The van der Waals surface area contributed by atoms with Crippen molar-refractivity contribution >= 4 is 0 Å². The summed E-state index contributed by atoms with van der Waals surface area (Å²) in [5, 5.41) is 12.6. The highest BCUT2D eigenvalue weighted by atomic mass is 16.3. The van der Waals surface area contributed by atoms with E-state index in [4.69, 9.17) is 0 Å². The van der Waals surface area contributed by atoms with Crippen LogP contribution < -0.4 is 5.32 Å². The number of nitrogens with one attached hydrogen (secondary N) is 1. The van der Waals surface area contributed by atoms with Crippen molar-refractivity contribution in [1.29, 1.82) is 0 Å². The summed E-state index contributed by atoms with van der Waals surface area (Å²) in [6, 6.07) is 0.714. The van der Waals surface area contributed by atoms with E-state index in [0.29, 0.717) is 12.6 Å². The molecule has 3 heteroatoms. The summed E-state index contributed by atoms with van der Waals surface area (Å²) in [5.41, 5.74) is 0. The average Bonchev–Trinajstić information content (AvgIpc) is 2.55. The van der Waals surface area contributed by atoms with Gasteiger partial charge in [0, 0.05) is 19.1 Å². The summed E-state index contributed by atoms with van der Waals surface area (Å²) in [7, 11) is 3.99. The molecular formula is C10H22N2O. The molecule has 1 saturated carbocycles. The Balaban J connectivity index is 2.18. The Morgan fingerprint density at radius 2 is 2.08 bits per heavy atom. The topological polar surface area (TPSA) is 35.5 Å². The zero-order valence-corrected chi connectivity index (χ0v) is 8.79. The molecule has 0 amide bonds. The first-order valence-corrected chi connectivity index (χ1v) is 5.27. The van der Waals surface area contributed by atoms with Gasteiger partial charge in [-0.1, -0.05) is 12.8 Å². The molecule has 1 aliphatic carbocycles. The molecule has 1 rings (SSSR count). The van der Waals surface area contributed by atoms with Crippen LogP contribution in [0.2, 0.25) is 0 Å². The molecule has 0 aromatic heterocycles. The second kappa shape index (κ2) is 5.58. The highest BCUT2D eigenvalue weighted by molar-refractivity contribution is 4.77. The van der Waals surface area contributed by atoms with E-state index in [0.717, 1.165) is 6.54 Å². The number of aliphatic hydroxyl groups excluding tert-OH is 1. The van der Waals surface area contributed by atoms with Crippen LogP contribution in [0.4, 0.5) is 0 Å². The first-order chi connectivity index (χ1) is 6.24. The molecule has 0 heterocycles. The Bertz CT molecular complexity index is 135. The van der Waals surface area contributed by atoms with Crippen molar-refractivity contribution in [2.75, 3.05) is 27.2 Å². The van der Waals surface area contributed by atoms with E-state index >= 15 is 0 Å². The van der Waals surface area contributed by atoms with Gasteiger partial charge in [0.1, 0.15) is 0 Å². The smallest absolute Gasteiger partial charge is 0.0791 e. The minimum absolute atomic E-state index is 0.226. The molecule has 3 nitrogen and oxygen atoms in total. The normalized spacial score (nSPS) is 21.2. The largest absolute Gasteiger partial charge is 0.390 e. The molecular weight excluding hydrogens is 164 g/mol. The first kappa shape index (κ1) is 11.0. The van der Waals surface area contributed by atoms with Gasteiger partial charge >= 0.3 is 0 Å². The van der Waals surface area contributed by atoms with Crippen molar-refractivity contribution in [1.82, 2.24) is 10.2 Å².